The smallest absolute Gasteiger partial charge is 0.262 e. The number of nitrogens with one attached hydrogen (secondary N) is 1. The molecular weight excluding hydrogens is 375 g/mol. The van der Waals surface area contributed by atoms with Gasteiger partial charge in [0.1, 0.15) is 23.2 Å². The quantitative estimate of drug-likeness (QED) is 0.603. The minimum absolute atomic E-state index is 0.0130. The van der Waals surface area contributed by atoms with E-state index in [1.165, 1.54) is 6.08 Å². The molecule has 1 N–H and O–H groups in total. The molecule has 1 amide bonds. The first-order valence-corrected chi connectivity index (χ1v) is 8.89. The number of carbonyl (C=O) groups is 1. The maximum absolute atomic E-state index is 12.2. The molecule has 7 heteroatoms. The van der Waals surface area contributed by atoms with Crippen molar-refractivity contribution in [1.29, 1.82) is 5.26 Å². The molecule has 1 saturated heterocycles. The number of rotatable bonds is 5. The van der Waals surface area contributed by atoms with E-state index in [0.717, 1.165) is 12.8 Å². The molecule has 1 aliphatic heterocycles. The van der Waals surface area contributed by atoms with E-state index in [9.17, 15) is 10.1 Å². The normalized spacial score (nSPS) is 17.1. The van der Waals surface area contributed by atoms with Crippen LogP contribution in [-0.2, 0) is 9.53 Å². The zero-order valence-electron chi connectivity index (χ0n) is 13.8. The van der Waals surface area contributed by atoms with Crippen molar-refractivity contribution < 1.29 is 13.9 Å². The number of carbonyl (C=O) groups excluding carboxylic acids is 1. The summed E-state index contributed by atoms with van der Waals surface area (Å²) in [6.45, 7) is 1.10. The molecule has 26 heavy (non-hydrogen) atoms. The zero-order valence-corrected chi connectivity index (χ0v) is 15.3. The number of furan rings is 1. The summed E-state index contributed by atoms with van der Waals surface area (Å²) in [5, 5.41) is 13.0. The zero-order chi connectivity index (χ0) is 18.5. The Morgan fingerprint density at radius 2 is 2.19 bits per heavy atom. The van der Waals surface area contributed by atoms with Crippen molar-refractivity contribution in [3.05, 3.63) is 51.7 Å². The number of nitrogens with zero attached hydrogens (tertiary/aromatic N) is 1. The van der Waals surface area contributed by atoms with Crippen LogP contribution in [0.4, 0.5) is 0 Å². The number of halogens is 2. The van der Waals surface area contributed by atoms with E-state index in [2.05, 4.69) is 5.32 Å². The van der Waals surface area contributed by atoms with E-state index in [0.29, 0.717) is 40.3 Å². The SMILES string of the molecule is N#C/C(=C\c1ccc(-c2cc(Cl)ccc2Cl)o1)C(=O)NC[C@@H]1CCCO1. The van der Waals surface area contributed by atoms with Gasteiger partial charge in [-0.1, -0.05) is 23.2 Å². The van der Waals surface area contributed by atoms with Crippen molar-refractivity contribution in [2.45, 2.75) is 18.9 Å². The van der Waals surface area contributed by atoms with Gasteiger partial charge in [-0.25, -0.2) is 0 Å². The third-order valence-electron chi connectivity index (χ3n) is 3.99. The summed E-state index contributed by atoms with van der Waals surface area (Å²) in [6, 6.07) is 10.3. The summed E-state index contributed by atoms with van der Waals surface area (Å²) in [4.78, 5) is 12.2. The van der Waals surface area contributed by atoms with Gasteiger partial charge in [0.15, 0.2) is 0 Å². The van der Waals surface area contributed by atoms with Crippen molar-refractivity contribution in [1.82, 2.24) is 5.32 Å². The van der Waals surface area contributed by atoms with E-state index in [1.807, 2.05) is 6.07 Å². The molecule has 0 saturated carbocycles. The van der Waals surface area contributed by atoms with Crippen molar-refractivity contribution in [2.24, 2.45) is 0 Å². The lowest BCUT2D eigenvalue weighted by molar-refractivity contribution is -0.117. The molecule has 1 fully saturated rings. The standard InChI is InChI=1S/C19H16Cl2N2O3/c20-13-3-5-17(21)16(9-13)18-6-4-14(26-18)8-12(10-22)19(24)23-11-15-2-1-7-25-15/h3-6,8-9,15H,1-2,7,11H2,(H,23,24)/b12-8+/t15-/m0/s1. The van der Waals surface area contributed by atoms with Crippen LogP contribution in [-0.4, -0.2) is 25.2 Å². The first-order chi connectivity index (χ1) is 12.6. The summed E-state index contributed by atoms with van der Waals surface area (Å²) in [6.07, 6.45) is 3.31. The van der Waals surface area contributed by atoms with Gasteiger partial charge in [-0.15, -0.1) is 0 Å². The molecular formula is C19H16Cl2N2O3. The average Bonchev–Trinajstić information content (AvgIpc) is 3.31. The Bertz CT molecular complexity index is 877. The number of hydrogen-bond donors (Lipinski definition) is 1. The molecule has 3 rings (SSSR count). The molecule has 0 unspecified atom stereocenters. The highest BCUT2D eigenvalue weighted by atomic mass is 35.5. The second-order valence-corrected chi connectivity index (χ2v) is 6.68. The third kappa shape index (κ3) is 4.47. The minimum atomic E-state index is -0.457. The fourth-order valence-electron chi connectivity index (χ4n) is 2.66. The molecule has 0 radical (unpaired) electrons. The summed E-state index contributed by atoms with van der Waals surface area (Å²) < 4.78 is 11.1. The van der Waals surface area contributed by atoms with Crippen LogP contribution in [0.25, 0.3) is 17.4 Å². The third-order valence-corrected chi connectivity index (χ3v) is 4.55. The van der Waals surface area contributed by atoms with Gasteiger partial charge in [-0.05, 0) is 43.2 Å². The van der Waals surface area contributed by atoms with Crippen LogP contribution in [0, 0.1) is 11.3 Å². The van der Waals surface area contributed by atoms with Gasteiger partial charge in [0.2, 0.25) is 0 Å². The Labute approximate surface area is 161 Å². The molecule has 2 aromatic rings. The van der Waals surface area contributed by atoms with Crippen LogP contribution >= 0.6 is 23.2 Å². The molecule has 0 spiro atoms. The summed E-state index contributed by atoms with van der Waals surface area (Å²) in [5.41, 5.74) is 0.598. The first-order valence-electron chi connectivity index (χ1n) is 8.13. The lowest BCUT2D eigenvalue weighted by Crippen LogP contribution is -2.32. The Balaban J connectivity index is 1.73. The predicted molar refractivity (Wildman–Crippen MR) is 99.7 cm³/mol. The number of ether oxygens (including phenoxy) is 1. The lowest BCUT2D eigenvalue weighted by atomic mass is 10.2. The van der Waals surface area contributed by atoms with Gasteiger partial charge in [0.25, 0.3) is 5.91 Å². The van der Waals surface area contributed by atoms with Gasteiger partial charge in [-0.3, -0.25) is 4.79 Å². The van der Waals surface area contributed by atoms with E-state index in [4.69, 9.17) is 32.4 Å². The molecule has 0 bridgehead atoms. The lowest BCUT2D eigenvalue weighted by Gasteiger charge is -2.09. The highest BCUT2D eigenvalue weighted by molar-refractivity contribution is 6.35. The van der Waals surface area contributed by atoms with Crippen LogP contribution in [0.15, 0.2) is 40.3 Å². The largest absolute Gasteiger partial charge is 0.457 e. The number of benzene rings is 1. The highest BCUT2D eigenvalue weighted by Gasteiger charge is 2.18. The fourth-order valence-corrected chi connectivity index (χ4v) is 3.04. The molecule has 1 atom stereocenters. The number of amides is 1. The molecule has 1 aromatic heterocycles. The van der Waals surface area contributed by atoms with E-state index in [1.54, 1.807) is 30.3 Å². The number of hydrogen-bond acceptors (Lipinski definition) is 4. The molecule has 1 aliphatic rings. The van der Waals surface area contributed by atoms with Crippen molar-refractivity contribution in [3.63, 3.8) is 0 Å². The summed E-state index contributed by atoms with van der Waals surface area (Å²) >= 11 is 12.2. The second-order valence-electron chi connectivity index (χ2n) is 5.84. The van der Waals surface area contributed by atoms with Gasteiger partial charge < -0.3 is 14.5 Å². The van der Waals surface area contributed by atoms with Crippen LogP contribution in [0.2, 0.25) is 10.0 Å². The Hall–Kier alpha value is -2.26. The van der Waals surface area contributed by atoms with Crippen LogP contribution in [0.1, 0.15) is 18.6 Å². The Kier molecular flexibility index (Phi) is 6.00. The maximum Gasteiger partial charge on any atom is 0.262 e. The number of nitriles is 1. The molecule has 5 nitrogen and oxygen atoms in total. The predicted octanol–water partition coefficient (Wildman–Crippen LogP) is 4.46. The van der Waals surface area contributed by atoms with E-state index >= 15 is 0 Å². The van der Waals surface area contributed by atoms with Crippen molar-refractivity contribution >= 4 is 35.2 Å². The Morgan fingerprint density at radius 3 is 2.92 bits per heavy atom. The van der Waals surface area contributed by atoms with Gasteiger partial charge in [0.05, 0.1) is 11.1 Å². The monoisotopic (exact) mass is 390 g/mol. The second kappa shape index (κ2) is 8.41. The summed E-state index contributed by atoms with van der Waals surface area (Å²) in [7, 11) is 0. The van der Waals surface area contributed by atoms with Crippen molar-refractivity contribution in [3.8, 4) is 17.4 Å². The topological polar surface area (TPSA) is 75.3 Å². The van der Waals surface area contributed by atoms with E-state index in [-0.39, 0.29) is 11.7 Å². The molecule has 134 valence electrons. The van der Waals surface area contributed by atoms with Crippen LogP contribution < -0.4 is 5.32 Å². The average molecular weight is 391 g/mol. The van der Waals surface area contributed by atoms with E-state index < -0.39 is 5.91 Å². The molecule has 0 aliphatic carbocycles. The van der Waals surface area contributed by atoms with Crippen LogP contribution in [0.5, 0.6) is 0 Å². The van der Waals surface area contributed by atoms with Crippen molar-refractivity contribution in [2.75, 3.05) is 13.2 Å². The Morgan fingerprint density at radius 1 is 1.35 bits per heavy atom. The molecule has 2 heterocycles. The highest BCUT2D eigenvalue weighted by Crippen LogP contribution is 2.32. The van der Waals surface area contributed by atoms with Gasteiger partial charge in [0, 0.05) is 29.8 Å². The van der Waals surface area contributed by atoms with Gasteiger partial charge in [-0.2, -0.15) is 5.26 Å². The maximum atomic E-state index is 12.2. The van der Waals surface area contributed by atoms with Crippen LogP contribution in [0.3, 0.4) is 0 Å². The summed E-state index contributed by atoms with van der Waals surface area (Å²) in [5.74, 6) is 0.419. The minimum Gasteiger partial charge on any atom is -0.457 e. The first kappa shape index (κ1) is 18.5. The van der Waals surface area contributed by atoms with Gasteiger partial charge >= 0.3 is 0 Å². The molecule has 1 aromatic carbocycles. The fraction of sp³-hybridized carbons (Fsp3) is 0.263.